The summed E-state index contributed by atoms with van der Waals surface area (Å²) < 4.78 is 0. The Kier molecular flexibility index (Phi) is 7.02. The first kappa shape index (κ1) is 19.0. The Morgan fingerprint density at radius 2 is 1.68 bits per heavy atom. The molecular formula is C21H29N3O. The number of anilines is 1. The van der Waals surface area contributed by atoms with Gasteiger partial charge in [-0.2, -0.15) is 0 Å². The fourth-order valence-electron chi connectivity index (χ4n) is 2.98. The van der Waals surface area contributed by atoms with Crippen LogP contribution in [0.25, 0.3) is 0 Å². The molecule has 1 unspecified atom stereocenters. The highest BCUT2D eigenvalue weighted by Gasteiger charge is 2.25. The molecule has 1 atom stereocenters. The molecule has 0 saturated heterocycles. The van der Waals surface area contributed by atoms with E-state index in [2.05, 4.69) is 41.1 Å². The van der Waals surface area contributed by atoms with Crippen LogP contribution in [-0.2, 0) is 11.3 Å². The summed E-state index contributed by atoms with van der Waals surface area (Å²) in [6.07, 6.45) is 0. The number of amides is 1. The van der Waals surface area contributed by atoms with Crippen molar-refractivity contribution in [3.63, 3.8) is 0 Å². The predicted octanol–water partition coefficient (Wildman–Crippen LogP) is 3.45. The number of hydrogen-bond acceptors (Lipinski definition) is 3. The van der Waals surface area contributed by atoms with Gasteiger partial charge in [-0.05, 0) is 36.3 Å². The molecule has 1 N–H and O–H groups in total. The predicted molar refractivity (Wildman–Crippen MR) is 105 cm³/mol. The van der Waals surface area contributed by atoms with Crippen LogP contribution >= 0.6 is 0 Å². The van der Waals surface area contributed by atoms with Crippen LogP contribution in [0.4, 0.5) is 5.69 Å². The van der Waals surface area contributed by atoms with Crippen molar-refractivity contribution in [1.29, 1.82) is 0 Å². The third-order valence-electron chi connectivity index (χ3n) is 4.43. The van der Waals surface area contributed by atoms with E-state index >= 15 is 0 Å². The van der Waals surface area contributed by atoms with Gasteiger partial charge in [-0.25, -0.2) is 0 Å². The van der Waals surface area contributed by atoms with Gasteiger partial charge in [-0.3, -0.25) is 9.69 Å². The molecule has 1 amide bonds. The van der Waals surface area contributed by atoms with E-state index in [4.69, 9.17) is 0 Å². The minimum absolute atomic E-state index is 0.0464. The van der Waals surface area contributed by atoms with E-state index in [1.54, 1.807) is 0 Å². The third kappa shape index (κ3) is 5.07. The molecule has 0 bridgehead atoms. The second kappa shape index (κ2) is 9.23. The van der Waals surface area contributed by atoms with E-state index in [1.807, 2.05) is 56.6 Å². The molecule has 4 nitrogen and oxygen atoms in total. The van der Waals surface area contributed by atoms with Crippen LogP contribution in [-0.4, -0.2) is 38.0 Å². The molecule has 0 aliphatic rings. The summed E-state index contributed by atoms with van der Waals surface area (Å²) >= 11 is 0. The lowest BCUT2D eigenvalue weighted by Gasteiger charge is -2.29. The van der Waals surface area contributed by atoms with Crippen LogP contribution in [0.5, 0.6) is 0 Å². The first-order valence-corrected chi connectivity index (χ1v) is 8.89. The molecule has 0 spiro atoms. The molecule has 0 aliphatic carbocycles. The SMILES string of the molecule is CCN(CC)C(C(=O)NCc1cccc(N(C)C)c1)c1ccccc1. The fraction of sp³-hybridized carbons (Fsp3) is 0.381. The smallest absolute Gasteiger partial charge is 0.242 e. The third-order valence-corrected chi connectivity index (χ3v) is 4.43. The zero-order chi connectivity index (χ0) is 18.2. The largest absolute Gasteiger partial charge is 0.378 e. The normalized spacial score (nSPS) is 12.0. The molecule has 0 saturated carbocycles. The summed E-state index contributed by atoms with van der Waals surface area (Å²) in [5.74, 6) is 0.0464. The van der Waals surface area contributed by atoms with Crippen molar-refractivity contribution in [2.75, 3.05) is 32.1 Å². The van der Waals surface area contributed by atoms with Gasteiger partial charge in [0.15, 0.2) is 0 Å². The van der Waals surface area contributed by atoms with Crippen molar-refractivity contribution in [3.8, 4) is 0 Å². The Labute approximate surface area is 151 Å². The molecule has 0 fully saturated rings. The number of benzene rings is 2. The number of hydrogen-bond donors (Lipinski definition) is 1. The summed E-state index contributed by atoms with van der Waals surface area (Å²) in [5, 5.41) is 3.11. The standard InChI is InChI=1S/C21H29N3O/c1-5-24(6-2)20(18-12-8-7-9-13-18)21(25)22-16-17-11-10-14-19(15-17)23(3)4/h7-15,20H,5-6,16H2,1-4H3,(H,22,25). The topological polar surface area (TPSA) is 35.6 Å². The van der Waals surface area contributed by atoms with Crippen molar-refractivity contribution >= 4 is 11.6 Å². The molecule has 4 heteroatoms. The number of carbonyl (C=O) groups is 1. The zero-order valence-corrected chi connectivity index (χ0v) is 15.7. The van der Waals surface area contributed by atoms with Crippen molar-refractivity contribution in [2.24, 2.45) is 0 Å². The minimum Gasteiger partial charge on any atom is -0.378 e. The summed E-state index contributed by atoms with van der Waals surface area (Å²) in [5.41, 5.74) is 3.27. The number of nitrogens with one attached hydrogen (secondary N) is 1. The monoisotopic (exact) mass is 339 g/mol. The van der Waals surface area contributed by atoms with Gasteiger partial charge in [-0.1, -0.05) is 56.3 Å². The molecule has 0 radical (unpaired) electrons. The van der Waals surface area contributed by atoms with Crippen molar-refractivity contribution in [1.82, 2.24) is 10.2 Å². The Morgan fingerprint density at radius 3 is 2.28 bits per heavy atom. The lowest BCUT2D eigenvalue weighted by molar-refractivity contribution is -0.126. The van der Waals surface area contributed by atoms with Crippen molar-refractivity contribution in [3.05, 3.63) is 65.7 Å². The van der Waals surface area contributed by atoms with Gasteiger partial charge < -0.3 is 10.2 Å². The maximum Gasteiger partial charge on any atom is 0.242 e. The van der Waals surface area contributed by atoms with Gasteiger partial charge >= 0.3 is 0 Å². The molecule has 0 aliphatic heterocycles. The number of rotatable bonds is 8. The van der Waals surface area contributed by atoms with Crippen LogP contribution in [0.2, 0.25) is 0 Å². The van der Waals surface area contributed by atoms with Crippen LogP contribution in [0, 0.1) is 0 Å². The van der Waals surface area contributed by atoms with Crippen LogP contribution in [0.15, 0.2) is 54.6 Å². The summed E-state index contributed by atoms with van der Waals surface area (Å²) in [4.78, 5) is 17.2. The van der Waals surface area contributed by atoms with E-state index in [-0.39, 0.29) is 11.9 Å². The lowest BCUT2D eigenvalue weighted by Crippen LogP contribution is -2.40. The molecule has 2 aromatic rings. The minimum atomic E-state index is -0.256. The first-order valence-electron chi connectivity index (χ1n) is 8.89. The highest BCUT2D eigenvalue weighted by atomic mass is 16.2. The number of likely N-dealkylation sites (N-methyl/N-ethyl adjacent to an activating group) is 1. The maximum atomic E-state index is 12.9. The van der Waals surface area contributed by atoms with Gasteiger partial charge in [0.25, 0.3) is 0 Å². The quantitative estimate of drug-likeness (QED) is 0.800. The molecule has 0 aromatic heterocycles. The average molecular weight is 339 g/mol. The molecular weight excluding hydrogens is 310 g/mol. The van der Waals surface area contributed by atoms with Crippen molar-refractivity contribution in [2.45, 2.75) is 26.4 Å². The van der Waals surface area contributed by atoms with Gasteiger partial charge in [0.2, 0.25) is 5.91 Å². The molecule has 134 valence electrons. The van der Waals surface area contributed by atoms with E-state index < -0.39 is 0 Å². The van der Waals surface area contributed by atoms with Crippen molar-refractivity contribution < 1.29 is 4.79 Å². The molecule has 2 aromatic carbocycles. The summed E-state index contributed by atoms with van der Waals surface area (Å²) in [6, 6.07) is 18.0. The second-order valence-corrected chi connectivity index (χ2v) is 6.32. The number of nitrogens with zero attached hydrogens (tertiary/aromatic N) is 2. The van der Waals surface area contributed by atoms with Gasteiger partial charge in [0, 0.05) is 26.3 Å². The first-order chi connectivity index (χ1) is 12.1. The van der Waals surface area contributed by atoms with E-state index in [1.165, 1.54) is 0 Å². The van der Waals surface area contributed by atoms with E-state index in [0.29, 0.717) is 6.54 Å². The van der Waals surface area contributed by atoms with Crippen LogP contribution < -0.4 is 10.2 Å². The number of carbonyl (C=O) groups excluding carboxylic acids is 1. The molecule has 0 heterocycles. The summed E-state index contributed by atoms with van der Waals surface area (Å²) in [7, 11) is 4.03. The summed E-state index contributed by atoms with van der Waals surface area (Å²) in [6.45, 7) is 6.38. The van der Waals surface area contributed by atoms with Gasteiger partial charge in [0.05, 0.1) is 0 Å². The van der Waals surface area contributed by atoms with E-state index in [0.717, 1.165) is 29.9 Å². The van der Waals surface area contributed by atoms with Crippen LogP contribution in [0.1, 0.15) is 31.0 Å². The Hall–Kier alpha value is -2.33. The van der Waals surface area contributed by atoms with Crippen LogP contribution in [0.3, 0.4) is 0 Å². The average Bonchev–Trinajstić information content (AvgIpc) is 2.65. The molecule has 2 rings (SSSR count). The second-order valence-electron chi connectivity index (χ2n) is 6.32. The fourth-order valence-corrected chi connectivity index (χ4v) is 2.98. The highest BCUT2D eigenvalue weighted by molar-refractivity contribution is 5.83. The highest BCUT2D eigenvalue weighted by Crippen LogP contribution is 2.21. The lowest BCUT2D eigenvalue weighted by atomic mass is 10.0. The van der Waals surface area contributed by atoms with Gasteiger partial charge in [0.1, 0.15) is 6.04 Å². The Bertz CT molecular complexity index is 666. The Morgan fingerprint density at radius 1 is 1.00 bits per heavy atom. The molecule has 25 heavy (non-hydrogen) atoms. The van der Waals surface area contributed by atoms with Gasteiger partial charge in [-0.15, -0.1) is 0 Å². The maximum absolute atomic E-state index is 12.9. The Balaban J connectivity index is 2.13. The van der Waals surface area contributed by atoms with E-state index in [9.17, 15) is 4.79 Å². The zero-order valence-electron chi connectivity index (χ0n) is 15.7.